The lowest BCUT2D eigenvalue weighted by Crippen LogP contribution is -2.41. The molecular formula is C18H30N2O. The summed E-state index contributed by atoms with van der Waals surface area (Å²) < 4.78 is 5.93. The zero-order chi connectivity index (χ0) is 15.3. The van der Waals surface area contributed by atoms with Crippen molar-refractivity contribution >= 4 is 0 Å². The molecule has 0 bridgehead atoms. The molecule has 2 atom stereocenters. The summed E-state index contributed by atoms with van der Waals surface area (Å²) in [6, 6.07) is 8.49. The SMILES string of the molecule is CCCOc1ccccc1C(NN)C1CCCCC1(C)C. The number of benzene rings is 1. The predicted octanol–water partition coefficient (Wildman–Crippen LogP) is 4.20. The van der Waals surface area contributed by atoms with Crippen LogP contribution < -0.4 is 16.0 Å². The number of nitrogens with one attached hydrogen (secondary N) is 1. The number of hydrogen-bond acceptors (Lipinski definition) is 3. The topological polar surface area (TPSA) is 47.3 Å². The van der Waals surface area contributed by atoms with Crippen molar-refractivity contribution in [2.75, 3.05) is 6.61 Å². The van der Waals surface area contributed by atoms with Gasteiger partial charge in [0.15, 0.2) is 0 Å². The fraction of sp³-hybridized carbons (Fsp3) is 0.667. The summed E-state index contributed by atoms with van der Waals surface area (Å²) in [6.45, 7) is 7.63. The molecule has 1 aromatic carbocycles. The Hall–Kier alpha value is -1.06. The van der Waals surface area contributed by atoms with Crippen molar-refractivity contribution in [3.05, 3.63) is 29.8 Å². The highest BCUT2D eigenvalue weighted by Crippen LogP contribution is 2.47. The van der Waals surface area contributed by atoms with Gasteiger partial charge in [-0.05, 0) is 36.7 Å². The van der Waals surface area contributed by atoms with Crippen LogP contribution in [0.2, 0.25) is 0 Å². The van der Waals surface area contributed by atoms with E-state index in [9.17, 15) is 0 Å². The maximum Gasteiger partial charge on any atom is 0.124 e. The zero-order valence-corrected chi connectivity index (χ0v) is 13.7. The Bertz CT molecular complexity index is 445. The first-order valence-electron chi connectivity index (χ1n) is 8.28. The average molecular weight is 290 g/mol. The van der Waals surface area contributed by atoms with Crippen LogP contribution in [0.1, 0.15) is 64.5 Å². The van der Waals surface area contributed by atoms with Gasteiger partial charge < -0.3 is 4.74 Å². The summed E-state index contributed by atoms with van der Waals surface area (Å²) in [5.41, 5.74) is 4.60. The first-order chi connectivity index (χ1) is 10.1. The van der Waals surface area contributed by atoms with Gasteiger partial charge in [-0.2, -0.15) is 0 Å². The van der Waals surface area contributed by atoms with Gasteiger partial charge in [-0.25, -0.2) is 0 Å². The molecule has 118 valence electrons. The molecule has 0 saturated heterocycles. The van der Waals surface area contributed by atoms with Crippen LogP contribution in [0.15, 0.2) is 24.3 Å². The number of para-hydroxylation sites is 1. The molecule has 1 aromatic rings. The van der Waals surface area contributed by atoms with Gasteiger partial charge in [0.2, 0.25) is 0 Å². The van der Waals surface area contributed by atoms with Crippen molar-refractivity contribution in [3.8, 4) is 5.75 Å². The molecule has 0 radical (unpaired) electrons. The Morgan fingerprint density at radius 3 is 2.76 bits per heavy atom. The molecule has 2 unspecified atom stereocenters. The van der Waals surface area contributed by atoms with Crippen LogP contribution in [0.4, 0.5) is 0 Å². The van der Waals surface area contributed by atoms with E-state index in [4.69, 9.17) is 10.6 Å². The molecule has 21 heavy (non-hydrogen) atoms. The number of hydrogen-bond donors (Lipinski definition) is 2. The van der Waals surface area contributed by atoms with Gasteiger partial charge in [-0.1, -0.05) is 51.8 Å². The molecule has 0 aromatic heterocycles. The fourth-order valence-corrected chi connectivity index (χ4v) is 3.64. The van der Waals surface area contributed by atoms with Crippen LogP contribution in [0, 0.1) is 11.3 Å². The van der Waals surface area contributed by atoms with Crippen LogP contribution in [0.3, 0.4) is 0 Å². The van der Waals surface area contributed by atoms with Crippen LogP contribution in [0.5, 0.6) is 5.75 Å². The lowest BCUT2D eigenvalue weighted by atomic mass is 9.65. The Labute approximate surface area is 129 Å². The van der Waals surface area contributed by atoms with Gasteiger partial charge in [-0.15, -0.1) is 0 Å². The molecule has 1 aliphatic carbocycles. The second-order valence-electron chi connectivity index (χ2n) is 6.87. The minimum Gasteiger partial charge on any atom is -0.493 e. The summed E-state index contributed by atoms with van der Waals surface area (Å²) in [7, 11) is 0. The van der Waals surface area contributed by atoms with Crippen molar-refractivity contribution < 1.29 is 4.74 Å². The zero-order valence-electron chi connectivity index (χ0n) is 13.7. The Balaban J connectivity index is 2.28. The summed E-state index contributed by atoms with van der Waals surface area (Å²) in [5, 5.41) is 0. The third-order valence-corrected chi connectivity index (χ3v) is 4.89. The molecule has 3 nitrogen and oxygen atoms in total. The lowest BCUT2D eigenvalue weighted by Gasteiger charge is -2.43. The average Bonchev–Trinajstić information content (AvgIpc) is 2.48. The summed E-state index contributed by atoms with van der Waals surface area (Å²) in [4.78, 5) is 0. The standard InChI is InChI=1S/C18H30N2O/c1-4-13-21-16-11-6-5-9-14(16)17(20-19)15-10-7-8-12-18(15,2)3/h5-6,9,11,15,17,20H,4,7-8,10,12-13,19H2,1-3H3. The Kier molecular flexibility index (Phi) is 5.65. The van der Waals surface area contributed by atoms with E-state index in [2.05, 4.69) is 44.4 Å². The molecule has 1 fully saturated rings. The van der Waals surface area contributed by atoms with Gasteiger partial charge >= 0.3 is 0 Å². The molecular weight excluding hydrogens is 260 g/mol. The van der Waals surface area contributed by atoms with E-state index in [1.807, 2.05) is 6.07 Å². The number of rotatable bonds is 6. The third kappa shape index (κ3) is 3.78. The molecule has 1 aliphatic rings. The molecule has 0 spiro atoms. The first kappa shape index (κ1) is 16.3. The number of ether oxygens (including phenoxy) is 1. The maximum absolute atomic E-state index is 5.95. The highest BCUT2D eigenvalue weighted by Gasteiger charge is 2.38. The van der Waals surface area contributed by atoms with Crippen molar-refractivity contribution in [1.29, 1.82) is 0 Å². The van der Waals surface area contributed by atoms with Crippen LogP contribution in [0.25, 0.3) is 0 Å². The van der Waals surface area contributed by atoms with Crippen LogP contribution in [-0.2, 0) is 0 Å². The monoisotopic (exact) mass is 290 g/mol. The van der Waals surface area contributed by atoms with Crippen molar-refractivity contribution in [2.45, 2.75) is 58.9 Å². The minimum absolute atomic E-state index is 0.161. The van der Waals surface area contributed by atoms with E-state index in [1.165, 1.54) is 31.2 Å². The second-order valence-corrected chi connectivity index (χ2v) is 6.87. The molecule has 0 amide bonds. The lowest BCUT2D eigenvalue weighted by molar-refractivity contribution is 0.0968. The smallest absolute Gasteiger partial charge is 0.124 e. The van der Waals surface area contributed by atoms with E-state index < -0.39 is 0 Å². The molecule has 0 heterocycles. The largest absolute Gasteiger partial charge is 0.493 e. The fourth-order valence-electron chi connectivity index (χ4n) is 3.64. The highest BCUT2D eigenvalue weighted by atomic mass is 16.5. The minimum atomic E-state index is 0.161. The van der Waals surface area contributed by atoms with Gasteiger partial charge in [-0.3, -0.25) is 11.3 Å². The van der Waals surface area contributed by atoms with E-state index in [0.29, 0.717) is 11.3 Å². The highest BCUT2D eigenvalue weighted by molar-refractivity contribution is 5.36. The number of hydrazine groups is 1. The summed E-state index contributed by atoms with van der Waals surface area (Å²) in [6.07, 6.45) is 6.14. The Morgan fingerprint density at radius 1 is 1.33 bits per heavy atom. The Morgan fingerprint density at radius 2 is 2.10 bits per heavy atom. The molecule has 2 rings (SSSR count). The number of nitrogens with two attached hydrogens (primary N) is 1. The predicted molar refractivity (Wildman–Crippen MR) is 88.0 cm³/mol. The van der Waals surface area contributed by atoms with E-state index in [-0.39, 0.29) is 6.04 Å². The van der Waals surface area contributed by atoms with Gasteiger partial charge in [0, 0.05) is 5.56 Å². The van der Waals surface area contributed by atoms with E-state index in [0.717, 1.165) is 18.8 Å². The first-order valence-corrected chi connectivity index (χ1v) is 8.28. The van der Waals surface area contributed by atoms with Crippen molar-refractivity contribution in [3.63, 3.8) is 0 Å². The third-order valence-electron chi connectivity index (χ3n) is 4.89. The summed E-state index contributed by atoms with van der Waals surface area (Å²) >= 11 is 0. The van der Waals surface area contributed by atoms with Gasteiger partial charge in [0.25, 0.3) is 0 Å². The van der Waals surface area contributed by atoms with Crippen molar-refractivity contribution in [2.24, 2.45) is 17.2 Å². The van der Waals surface area contributed by atoms with Gasteiger partial charge in [0.05, 0.1) is 12.6 Å². The van der Waals surface area contributed by atoms with Gasteiger partial charge in [0.1, 0.15) is 5.75 Å². The van der Waals surface area contributed by atoms with E-state index >= 15 is 0 Å². The maximum atomic E-state index is 5.95. The molecule has 3 heteroatoms. The van der Waals surface area contributed by atoms with Crippen LogP contribution >= 0.6 is 0 Å². The second kappa shape index (κ2) is 7.28. The van der Waals surface area contributed by atoms with Crippen LogP contribution in [-0.4, -0.2) is 6.61 Å². The van der Waals surface area contributed by atoms with Crippen molar-refractivity contribution in [1.82, 2.24) is 5.43 Å². The van der Waals surface area contributed by atoms with E-state index in [1.54, 1.807) is 0 Å². The normalized spacial score (nSPS) is 22.8. The molecule has 0 aliphatic heterocycles. The quantitative estimate of drug-likeness (QED) is 0.610. The molecule has 3 N–H and O–H groups in total. The molecule has 1 saturated carbocycles. The summed E-state index contributed by atoms with van der Waals surface area (Å²) in [5.74, 6) is 7.47.